The van der Waals surface area contributed by atoms with Gasteiger partial charge in [-0.15, -0.1) is 0 Å². The van der Waals surface area contributed by atoms with Crippen LogP contribution in [-0.4, -0.2) is 55.4 Å². The maximum atomic E-state index is 13.3. The van der Waals surface area contributed by atoms with Gasteiger partial charge in [0.1, 0.15) is 10.7 Å². The van der Waals surface area contributed by atoms with E-state index in [0.717, 1.165) is 18.4 Å². The van der Waals surface area contributed by atoms with E-state index in [0.29, 0.717) is 6.54 Å². The van der Waals surface area contributed by atoms with E-state index in [-0.39, 0.29) is 58.5 Å². The molecular weight excluding hydrogens is 455 g/mol. The first-order valence-electron chi connectivity index (χ1n) is 10.7. The number of carbonyl (C=O) groups is 1. The number of sulfonamides is 1. The van der Waals surface area contributed by atoms with Crippen LogP contribution in [0.25, 0.3) is 0 Å². The summed E-state index contributed by atoms with van der Waals surface area (Å²) in [7, 11) is -3.90. The Kier molecular flexibility index (Phi) is 6.58. The lowest BCUT2D eigenvalue weighted by Gasteiger charge is -2.34. The molecule has 6 nitrogen and oxygen atoms in total. The van der Waals surface area contributed by atoms with Crippen molar-refractivity contribution in [3.63, 3.8) is 0 Å². The Morgan fingerprint density at radius 1 is 1.09 bits per heavy atom. The second-order valence-electron chi connectivity index (χ2n) is 8.43. The van der Waals surface area contributed by atoms with Crippen LogP contribution < -0.4 is 0 Å². The number of rotatable bonds is 4. The Bertz CT molecular complexity index is 1100. The number of likely N-dealkylation sites (tertiary alicyclic amines) is 1. The number of hydrogen-bond acceptors (Lipinski definition) is 4. The molecule has 2 aliphatic rings. The number of carbonyl (C=O) groups excluding carboxylic acids is 1. The topological polar surface area (TPSA) is 66.9 Å². The minimum atomic E-state index is -3.90. The monoisotopic (exact) mass is 480 g/mol. The van der Waals surface area contributed by atoms with Crippen molar-refractivity contribution in [2.24, 2.45) is 0 Å². The van der Waals surface area contributed by atoms with Crippen LogP contribution in [0.4, 0.5) is 4.39 Å². The molecule has 0 spiro atoms. The lowest BCUT2D eigenvalue weighted by Crippen LogP contribution is -2.48. The maximum absolute atomic E-state index is 13.3. The summed E-state index contributed by atoms with van der Waals surface area (Å²) >= 11 is 6.28. The normalized spacial score (nSPS) is 24.6. The third kappa shape index (κ3) is 4.55. The zero-order valence-corrected chi connectivity index (χ0v) is 19.6. The van der Waals surface area contributed by atoms with Gasteiger partial charge in [-0.3, -0.25) is 4.79 Å². The Balaban J connectivity index is 1.63. The summed E-state index contributed by atoms with van der Waals surface area (Å²) < 4.78 is 47.0. The van der Waals surface area contributed by atoms with E-state index in [2.05, 4.69) is 0 Å². The van der Waals surface area contributed by atoms with E-state index in [1.165, 1.54) is 28.6 Å². The Morgan fingerprint density at radius 3 is 2.41 bits per heavy atom. The fourth-order valence-electron chi connectivity index (χ4n) is 4.51. The first-order valence-corrected chi connectivity index (χ1v) is 12.5. The minimum Gasteiger partial charge on any atom is -0.373 e. The largest absolute Gasteiger partial charge is 0.373 e. The number of amides is 1. The first-order chi connectivity index (χ1) is 15.2. The van der Waals surface area contributed by atoms with Crippen LogP contribution in [0.2, 0.25) is 5.02 Å². The molecule has 2 aromatic rings. The van der Waals surface area contributed by atoms with Crippen LogP contribution in [0.15, 0.2) is 47.4 Å². The molecule has 0 saturated carbocycles. The summed E-state index contributed by atoms with van der Waals surface area (Å²) in [5.74, 6) is -0.599. The van der Waals surface area contributed by atoms with Crippen LogP contribution in [-0.2, 0) is 14.8 Å². The Hall–Kier alpha value is -2.00. The molecule has 2 fully saturated rings. The lowest BCUT2D eigenvalue weighted by molar-refractivity contribution is -0.0440. The Labute approximate surface area is 193 Å². The van der Waals surface area contributed by atoms with E-state index in [1.54, 1.807) is 23.1 Å². The number of ether oxygens (including phenoxy) is 1. The molecule has 9 heteroatoms. The van der Waals surface area contributed by atoms with Gasteiger partial charge in [-0.1, -0.05) is 23.7 Å². The highest BCUT2D eigenvalue weighted by Gasteiger charge is 2.35. The summed E-state index contributed by atoms with van der Waals surface area (Å²) in [6.45, 7) is 4.63. The second-order valence-corrected chi connectivity index (χ2v) is 10.7. The van der Waals surface area contributed by atoms with Gasteiger partial charge in [0.2, 0.25) is 10.0 Å². The van der Waals surface area contributed by atoms with E-state index in [9.17, 15) is 17.6 Å². The third-order valence-electron chi connectivity index (χ3n) is 5.95. The predicted molar refractivity (Wildman–Crippen MR) is 120 cm³/mol. The zero-order chi connectivity index (χ0) is 23.0. The minimum absolute atomic E-state index is 0.0739. The van der Waals surface area contributed by atoms with Crippen LogP contribution in [0.1, 0.15) is 48.7 Å². The number of benzene rings is 2. The third-order valence-corrected chi connectivity index (χ3v) is 8.26. The molecule has 2 aromatic carbocycles. The van der Waals surface area contributed by atoms with Crippen molar-refractivity contribution in [3.05, 3.63) is 64.4 Å². The molecule has 2 saturated heterocycles. The Morgan fingerprint density at radius 2 is 1.75 bits per heavy atom. The van der Waals surface area contributed by atoms with E-state index < -0.39 is 10.0 Å². The SMILES string of the molecule is C[C@@H]1CN(S(=O)(=O)c2cc(C(=O)N3CCC[C@@H]3c3ccc(F)cc3)ccc2Cl)C[C@@H](C)O1. The average molecular weight is 481 g/mol. The highest BCUT2D eigenvalue weighted by Crippen LogP contribution is 2.34. The molecule has 3 atom stereocenters. The van der Waals surface area contributed by atoms with E-state index >= 15 is 0 Å². The van der Waals surface area contributed by atoms with Gasteiger partial charge in [-0.25, -0.2) is 12.8 Å². The molecule has 32 heavy (non-hydrogen) atoms. The second kappa shape index (κ2) is 9.09. The standard InChI is InChI=1S/C23H26ClFN2O4S/c1-15-13-26(14-16(2)31-15)32(29,30)22-12-18(7-10-20(22)24)23(28)27-11-3-4-21(27)17-5-8-19(25)9-6-17/h5-10,12,15-16,21H,3-4,11,13-14H2,1-2H3/t15-,16-,21-/m1/s1. The van der Waals surface area contributed by atoms with Gasteiger partial charge in [0.05, 0.1) is 23.3 Å². The maximum Gasteiger partial charge on any atom is 0.254 e. The number of nitrogens with zero attached hydrogens (tertiary/aromatic N) is 2. The molecule has 2 heterocycles. The van der Waals surface area contributed by atoms with Gasteiger partial charge in [-0.2, -0.15) is 4.31 Å². The molecule has 0 radical (unpaired) electrons. The van der Waals surface area contributed by atoms with E-state index in [4.69, 9.17) is 16.3 Å². The number of halogens is 2. The highest BCUT2D eigenvalue weighted by molar-refractivity contribution is 7.89. The lowest BCUT2D eigenvalue weighted by atomic mass is 10.0. The molecule has 0 unspecified atom stereocenters. The van der Waals surface area contributed by atoms with Gasteiger partial charge in [0.15, 0.2) is 0 Å². The van der Waals surface area contributed by atoms with Crippen molar-refractivity contribution in [2.75, 3.05) is 19.6 Å². The molecule has 0 aromatic heterocycles. The van der Waals surface area contributed by atoms with Gasteiger partial charge in [0.25, 0.3) is 5.91 Å². The van der Waals surface area contributed by atoms with Gasteiger partial charge >= 0.3 is 0 Å². The molecule has 2 aliphatic heterocycles. The highest BCUT2D eigenvalue weighted by atomic mass is 35.5. The first kappa shape index (κ1) is 23.2. The van der Waals surface area contributed by atoms with Crippen molar-refractivity contribution in [1.29, 1.82) is 0 Å². The van der Waals surface area contributed by atoms with Crippen LogP contribution in [0, 0.1) is 5.82 Å². The fraction of sp³-hybridized carbons (Fsp3) is 0.435. The molecule has 0 bridgehead atoms. The quantitative estimate of drug-likeness (QED) is 0.656. The summed E-state index contributed by atoms with van der Waals surface area (Å²) in [6, 6.07) is 10.3. The number of hydrogen-bond donors (Lipinski definition) is 0. The summed E-state index contributed by atoms with van der Waals surface area (Å²) in [4.78, 5) is 15.0. The van der Waals surface area contributed by atoms with Crippen molar-refractivity contribution >= 4 is 27.5 Å². The smallest absolute Gasteiger partial charge is 0.254 e. The average Bonchev–Trinajstić information content (AvgIpc) is 3.23. The van der Waals surface area contributed by atoms with Gasteiger partial charge in [-0.05, 0) is 62.6 Å². The van der Waals surface area contributed by atoms with Gasteiger partial charge < -0.3 is 9.64 Å². The summed E-state index contributed by atoms with van der Waals surface area (Å²) in [5, 5.41) is 0.0739. The van der Waals surface area contributed by atoms with Crippen LogP contribution in [0.3, 0.4) is 0 Å². The molecular formula is C23H26ClFN2O4S. The zero-order valence-electron chi connectivity index (χ0n) is 18.0. The molecule has 1 amide bonds. The summed E-state index contributed by atoms with van der Waals surface area (Å²) in [5.41, 5.74) is 1.12. The van der Waals surface area contributed by atoms with Crippen molar-refractivity contribution < 1.29 is 22.3 Å². The number of morpholine rings is 1. The molecule has 172 valence electrons. The van der Waals surface area contributed by atoms with Gasteiger partial charge in [0, 0.05) is 25.2 Å². The van der Waals surface area contributed by atoms with Crippen molar-refractivity contribution in [2.45, 2.75) is 49.8 Å². The molecule has 4 rings (SSSR count). The van der Waals surface area contributed by atoms with Crippen LogP contribution in [0.5, 0.6) is 0 Å². The van der Waals surface area contributed by atoms with Crippen LogP contribution >= 0.6 is 11.6 Å². The molecule has 0 aliphatic carbocycles. The predicted octanol–water partition coefficient (Wildman–Crippen LogP) is 4.25. The van der Waals surface area contributed by atoms with E-state index in [1.807, 2.05) is 13.8 Å². The van der Waals surface area contributed by atoms with Crippen molar-refractivity contribution in [1.82, 2.24) is 9.21 Å². The summed E-state index contributed by atoms with van der Waals surface area (Å²) in [6.07, 6.45) is 1.10. The molecule has 0 N–H and O–H groups in total. The fourth-order valence-corrected chi connectivity index (χ4v) is 6.60. The van der Waals surface area contributed by atoms with Crippen molar-refractivity contribution in [3.8, 4) is 0 Å².